The Bertz CT molecular complexity index is 406. The Hall–Kier alpha value is -1.08. The van der Waals surface area contributed by atoms with E-state index in [0.29, 0.717) is 25.7 Å². The maximum absolute atomic E-state index is 11.4. The van der Waals surface area contributed by atoms with E-state index in [4.69, 9.17) is 10.5 Å². The van der Waals surface area contributed by atoms with Gasteiger partial charge in [0.1, 0.15) is 0 Å². The summed E-state index contributed by atoms with van der Waals surface area (Å²) in [5, 5.41) is 0. The highest BCUT2D eigenvalue weighted by Gasteiger charge is 2.18. The first-order chi connectivity index (χ1) is 8.44. The maximum Gasteiger partial charge on any atom is 0.191 e. The molecular weight excluding hydrogens is 254 g/mol. The molecule has 1 aliphatic rings. The average Bonchev–Trinajstić information content (AvgIpc) is 2.28. The van der Waals surface area contributed by atoms with Crippen LogP contribution in [0.2, 0.25) is 0 Å². The van der Waals surface area contributed by atoms with Crippen molar-refractivity contribution in [1.82, 2.24) is 4.90 Å². The lowest BCUT2D eigenvalue weighted by Gasteiger charge is -2.31. The molecule has 0 aliphatic carbocycles. The Morgan fingerprint density at radius 2 is 2.39 bits per heavy atom. The Morgan fingerprint density at radius 3 is 3.00 bits per heavy atom. The molecule has 0 aromatic carbocycles. The predicted molar refractivity (Wildman–Crippen MR) is 72.3 cm³/mol. The van der Waals surface area contributed by atoms with Gasteiger partial charge >= 0.3 is 0 Å². The number of aliphatic imine (C=N–C) groups is 1. The number of ether oxygens (including phenoxy) is 1. The van der Waals surface area contributed by atoms with Crippen LogP contribution in [-0.4, -0.2) is 63.1 Å². The van der Waals surface area contributed by atoms with E-state index in [1.165, 1.54) is 6.08 Å². The third-order valence-corrected chi connectivity index (χ3v) is 4.16. The number of morpholine rings is 1. The van der Waals surface area contributed by atoms with Crippen LogP contribution in [0.25, 0.3) is 0 Å². The molecule has 1 unspecified atom stereocenters. The third kappa shape index (κ3) is 5.05. The van der Waals surface area contributed by atoms with Crippen LogP contribution in [0.15, 0.2) is 17.6 Å². The van der Waals surface area contributed by atoms with Crippen molar-refractivity contribution >= 4 is 15.8 Å². The molecule has 1 fully saturated rings. The molecule has 1 atom stereocenters. The molecule has 6 nitrogen and oxygen atoms in total. The molecule has 0 spiro atoms. The van der Waals surface area contributed by atoms with Crippen LogP contribution < -0.4 is 5.73 Å². The molecule has 1 rings (SSSR count). The molecule has 0 aromatic heterocycles. The van der Waals surface area contributed by atoms with Crippen LogP contribution in [-0.2, 0) is 14.6 Å². The molecule has 0 aromatic rings. The summed E-state index contributed by atoms with van der Waals surface area (Å²) in [4.78, 5) is 6.01. The summed E-state index contributed by atoms with van der Waals surface area (Å²) in [5.41, 5.74) is 5.82. The van der Waals surface area contributed by atoms with Gasteiger partial charge in [-0.05, 0) is 6.92 Å². The molecule has 0 radical (unpaired) electrons. The summed E-state index contributed by atoms with van der Waals surface area (Å²) < 4.78 is 28.2. The number of hydrogen-bond acceptors (Lipinski definition) is 4. The Labute approximate surface area is 108 Å². The first-order valence-corrected chi connectivity index (χ1v) is 7.74. The van der Waals surface area contributed by atoms with E-state index >= 15 is 0 Å². The minimum Gasteiger partial charge on any atom is -0.375 e. The minimum atomic E-state index is -3.09. The quantitative estimate of drug-likeness (QED) is 0.420. The largest absolute Gasteiger partial charge is 0.375 e. The Morgan fingerprint density at radius 1 is 1.67 bits per heavy atom. The standard InChI is InChI=1S/C11H21N3O3S/c1-3-7-18(15,16)8-4-13-11(12)14-5-6-17-10(2)9-14/h3,10H,1,4-9H2,2H3,(H2,12,13). The van der Waals surface area contributed by atoms with Crippen LogP contribution in [0.5, 0.6) is 0 Å². The second-order valence-electron chi connectivity index (χ2n) is 4.27. The zero-order valence-corrected chi connectivity index (χ0v) is 11.5. The molecule has 1 saturated heterocycles. The van der Waals surface area contributed by atoms with Crippen molar-refractivity contribution in [2.45, 2.75) is 13.0 Å². The lowest BCUT2D eigenvalue weighted by Crippen LogP contribution is -2.48. The van der Waals surface area contributed by atoms with Gasteiger partial charge in [0.05, 0.1) is 30.8 Å². The lowest BCUT2D eigenvalue weighted by molar-refractivity contribution is 0.00531. The number of sulfone groups is 1. The molecule has 0 amide bonds. The highest BCUT2D eigenvalue weighted by molar-refractivity contribution is 7.91. The number of guanidine groups is 1. The Balaban J connectivity index is 2.44. The highest BCUT2D eigenvalue weighted by atomic mass is 32.2. The van der Waals surface area contributed by atoms with Gasteiger partial charge < -0.3 is 15.4 Å². The van der Waals surface area contributed by atoms with E-state index in [0.717, 1.165) is 0 Å². The van der Waals surface area contributed by atoms with Crippen LogP contribution in [0.1, 0.15) is 6.92 Å². The predicted octanol–water partition coefficient (Wildman–Crippen LogP) is -0.377. The molecule has 0 bridgehead atoms. The summed E-state index contributed by atoms with van der Waals surface area (Å²) in [6.45, 7) is 7.56. The zero-order valence-electron chi connectivity index (χ0n) is 10.7. The van der Waals surface area contributed by atoms with Crippen molar-refractivity contribution in [3.05, 3.63) is 12.7 Å². The van der Waals surface area contributed by atoms with Gasteiger partial charge in [-0.15, -0.1) is 6.58 Å². The monoisotopic (exact) mass is 275 g/mol. The highest BCUT2D eigenvalue weighted by Crippen LogP contribution is 2.03. The van der Waals surface area contributed by atoms with Crippen LogP contribution in [0.3, 0.4) is 0 Å². The van der Waals surface area contributed by atoms with Gasteiger partial charge in [-0.3, -0.25) is 4.99 Å². The molecule has 18 heavy (non-hydrogen) atoms. The van der Waals surface area contributed by atoms with E-state index in [1.54, 1.807) is 0 Å². The number of rotatable bonds is 5. The van der Waals surface area contributed by atoms with E-state index < -0.39 is 9.84 Å². The third-order valence-electron chi connectivity index (χ3n) is 2.61. The van der Waals surface area contributed by atoms with E-state index in [-0.39, 0.29) is 24.2 Å². The SMILES string of the molecule is C=CCS(=O)(=O)CCN=C(N)N1CCOC(C)C1. The van der Waals surface area contributed by atoms with Gasteiger partial charge in [-0.2, -0.15) is 0 Å². The van der Waals surface area contributed by atoms with Crippen LogP contribution >= 0.6 is 0 Å². The van der Waals surface area contributed by atoms with Crippen LogP contribution in [0.4, 0.5) is 0 Å². The van der Waals surface area contributed by atoms with Gasteiger partial charge in [0.2, 0.25) is 0 Å². The summed E-state index contributed by atoms with van der Waals surface area (Å²) in [7, 11) is -3.09. The van der Waals surface area contributed by atoms with Gasteiger partial charge in [-0.1, -0.05) is 6.08 Å². The van der Waals surface area contributed by atoms with Crippen molar-refractivity contribution in [2.24, 2.45) is 10.7 Å². The number of nitrogens with zero attached hydrogens (tertiary/aromatic N) is 2. The van der Waals surface area contributed by atoms with Gasteiger partial charge in [-0.25, -0.2) is 8.42 Å². The van der Waals surface area contributed by atoms with Crippen molar-refractivity contribution in [3.63, 3.8) is 0 Å². The fourth-order valence-corrected chi connectivity index (χ4v) is 2.58. The number of nitrogens with two attached hydrogens (primary N) is 1. The molecular formula is C11H21N3O3S. The summed E-state index contributed by atoms with van der Waals surface area (Å²) in [6.07, 6.45) is 1.50. The Kier molecular flexibility index (Phi) is 5.61. The van der Waals surface area contributed by atoms with E-state index in [2.05, 4.69) is 11.6 Å². The molecule has 1 heterocycles. The molecule has 0 saturated carbocycles. The minimum absolute atomic E-state index is 0.000383. The fraction of sp³-hybridized carbons (Fsp3) is 0.727. The van der Waals surface area contributed by atoms with E-state index in [9.17, 15) is 8.42 Å². The summed E-state index contributed by atoms with van der Waals surface area (Å²) in [5.74, 6) is 0.371. The molecule has 7 heteroatoms. The first-order valence-electron chi connectivity index (χ1n) is 5.92. The maximum atomic E-state index is 11.4. The topological polar surface area (TPSA) is 85.0 Å². The number of hydrogen-bond donors (Lipinski definition) is 1. The average molecular weight is 275 g/mol. The fourth-order valence-electron chi connectivity index (χ4n) is 1.69. The van der Waals surface area contributed by atoms with E-state index in [1.807, 2.05) is 11.8 Å². The summed E-state index contributed by atoms with van der Waals surface area (Å²) >= 11 is 0. The van der Waals surface area contributed by atoms with Crippen molar-refractivity contribution in [1.29, 1.82) is 0 Å². The zero-order chi connectivity index (χ0) is 13.6. The molecule has 1 aliphatic heterocycles. The lowest BCUT2D eigenvalue weighted by atomic mass is 10.3. The van der Waals surface area contributed by atoms with Crippen LogP contribution in [0, 0.1) is 0 Å². The molecule has 2 N–H and O–H groups in total. The smallest absolute Gasteiger partial charge is 0.191 e. The molecule has 104 valence electrons. The first kappa shape index (κ1) is 15.0. The second-order valence-corrected chi connectivity index (χ2v) is 6.50. The van der Waals surface area contributed by atoms with Gasteiger partial charge in [0, 0.05) is 13.1 Å². The van der Waals surface area contributed by atoms with Gasteiger partial charge in [0.25, 0.3) is 0 Å². The second kappa shape index (κ2) is 6.75. The normalized spacial score (nSPS) is 21.9. The summed E-state index contributed by atoms with van der Waals surface area (Å²) in [6, 6.07) is 0. The van der Waals surface area contributed by atoms with Gasteiger partial charge in [0.15, 0.2) is 15.8 Å². The van der Waals surface area contributed by atoms with Crippen molar-refractivity contribution in [3.8, 4) is 0 Å². The van der Waals surface area contributed by atoms with Crippen molar-refractivity contribution < 1.29 is 13.2 Å². The van der Waals surface area contributed by atoms with Crippen molar-refractivity contribution in [2.75, 3.05) is 37.7 Å².